The summed E-state index contributed by atoms with van der Waals surface area (Å²) in [5, 5.41) is 9.97. The fourth-order valence-corrected chi connectivity index (χ4v) is 2.80. The Morgan fingerprint density at radius 2 is 1.65 bits per heavy atom. The van der Waals surface area contributed by atoms with E-state index in [1.807, 2.05) is 0 Å². The highest BCUT2D eigenvalue weighted by atomic mass is 32.2. The van der Waals surface area contributed by atoms with Gasteiger partial charge in [0.2, 0.25) is 5.91 Å². The smallest absolute Gasteiger partial charge is 0.325 e. The number of Topliss-reactive ketones (excluding diaryl/α,β-unsaturated/α-hetero) is 1. The van der Waals surface area contributed by atoms with Gasteiger partial charge in [-0.25, -0.2) is 0 Å². The second kappa shape index (κ2) is 8.47. The summed E-state index contributed by atoms with van der Waals surface area (Å²) in [5.41, 5.74) is 0.400. The molecule has 1 aromatic carbocycles. The third-order valence-electron chi connectivity index (χ3n) is 3.21. The SMILES string of the molecule is CC(=O)S[C@H](C(=O)c1ccccc1)C(C)C(=O)N[C@@H](C)C(=O)O. The molecule has 7 heteroatoms. The second-order valence-electron chi connectivity index (χ2n) is 5.12. The van der Waals surface area contributed by atoms with E-state index in [0.29, 0.717) is 5.56 Å². The number of benzene rings is 1. The van der Waals surface area contributed by atoms with E-state index in [-0.39, 0.29) is 10.9 Å². The summed E-state index contributed by atoms with van der Waals surface area (Å²) in [5.74, 6) is -2.94. The van der Waals surface area contributed by atoms with E-state index in [1.165, 1.54) is 20.8 Å². The van der Waals surface area contributed by atoms with Crippen molar-refractivity contribution in [2.24, 2.45) is 5.92 Å². The summed E-state index contributed by atoms with van der Waals surface area (Å²) >= 11 is 0.778. The molecule has 2 N–H and O–H groups in total. The Labute approximate surface area is 138 Å². The van der Waals surface area contributed by atoms with Gasteiger partial charge >= 0.3 is 5.97 Å². The van der Waals surface area contributed by atoms with Gasteiger partial charge in [0.25, 0.3) is 0 Å². The summed E-state index contributed by atoms with van der Waals surface area (Å²) in [7, 11) is 0. The minimum atomic E-state index is -1.17. The van der Waals surface area contributed by atoms with Crippen molar-refractivity contribution in [3.63, 3.8) is 0 Å². The molecule has 0 bridgehead atoms. The van der Waals surface area contributed by atoms with Crippen LogP contribution in [0, 0.1) is 5.92 Å². The second-order valence-corrected chi connectivity index (χ2v) is 6.44. The zero-order valence-corrected chi connectivity index (χ0v) is 13.9. The molecule has 1 aromatic rings. The molecule has 0 radical (unpaired) electrons. The Morgan fingerprint density at radius 3 is 2.13 bits per heavy atom. The summed E-state index contributed by atoms with van der Waals surface area (Å²) in [6.45, 7) is 4.16. The first-order valence-electron chi connectivity index (χ1n) is 7.03. The Hall–Kier alpha value is -2.15. The molecule has 0 fully saturated rings. The van der Waals surface area contributed by atoms with Crippen molar-refractivity contribution >= 4 is 34.5 Å². The number of carboxylic acid groups (broad SMARTS) is 1. The van der Waals surface area contributed by atoms with E-state index >= 15 is 0 Å². The number of hydrogen-bond donors (Lipinski definition) is 2. The van der Waals surface area contributed by atoms with Crippen LogP contribution < -0.4 is 5.32 Å². The number of rotatable bonds is 7. The zero-order valence-electron chi connectivity index (χ0n) is 13.1. The Kier molecular flexibility index (Phi) is 6.96. The van der Waals surface area contributed by atoms with Crippen LogP contribution in [0.1, 0.15) is 31.1 Å². The van der Waals surface area contributed by atoms with Crippen LogP contribution in [-0.2, 0) is 14.4 Å². The number of hydrogen-bond acceptors (Lipinski definition) is 5. The van der Waals surface area contributed by atoms with Crippen molar-refractivity contribution in [1.29, 1.82) is 0 Å². The molecule has 0 aliphatic carbocycles. The maximum absolute atomic E-state index is 12.6. The quantitative estimate of drug-likeness (QED) is 0.735. The van der Waals surface area contributed by atoms with Gasteiger partial charge in [0, 0.05) is 12.5 Å². The van der Waals surface area contributed by atoms with E-state index < -0.39 is 29.1 Å². The fraction of sp³-hybridized carbons (Fsp3) is 0.375. The molecular formula is C16H19NO5S. The maximum atomic E-state index is 12.6. The molecule has 1 unspecified atom stereocenters. The lowest BCUT2D eigenvalue weighted by atomic mass is 9.98. The molecule has 1 amide bonds. The number of amides is 1. The topological polar surface area (TPSA) is 101 Å². The average molecular weight is 337 g/mol. The van der Waals surface area contributed by atoms with E-state index in [1.54, 1.807) is 30.3 Å². The number of nitrogens with one attached hydrogen (secondary N) is 1. The number of carbonyl (C=O) groups excluding carboxylic acids is 3. The van der Waals surface area contributed by atoms with E-state index in [0.717, 1.165) is 11.8 Å². The lowest BCUT2D eigenvalue weighted by Crippen LogP contribution is -2.45. The fourth-order valence-electron chi connectivity index (χ4n) is 1.87. The highest BCUT2D eigenvalue weighted by Crippen LogP contribution is 2.25. The predicted molar refractivity (Wildman–Crippen MR) is 87.2 cm³/mol. The molecule has 0 aromatic heterocycles. The van der Waals surface area contributed by atoms with Crippen molar-refractivity contribution < 1.29 is 24.3 Å². The Morgan fingerprint density at radius 1 is 1.09 bits per heavy atom. The minimum Gasteiger partial charge on any atom is -0.480 e. The molecule has 0 aliphatic rings. The van der Waals surface area contributed by atoms with Crippen LogP contribution in [0.4, 0.5) is 0 Å². The number of thioether (sulfide) groups is 1. The van der Waals surface area contributed by atoms with Crippen molar-refractivity contribution in [2.75, 3.05) is 0 Å². The number of carboxylic acids is 1. The zero-order chi connectivity index (χ0) is 17.6. The van der Waals surface area contributed by atoms with E-state index in [2.05, 4.69) is 5.32 Å². The molecule has 0 spiro atoms. The summed E-state index contributed by atoms with van der Waals surface area (Å²) < 4.78 is 0. The van der Waals surface area contributed by atoms with Crippen LogP contribution in [0.5, 0.6) is 0 Å². The lowest BCUT2D eigenvalue weighted by molar-refractivity contribution is -0.141. The summed E-state index contributed by atoms with van der Waals surface area (Å²) in [6.07, 6.45) is 0. The molecule has 0 aliphatic heterocycles. The number of ketones is 1. The molecule has 3 atom stereocenters. The standard InChI is InChI=1S/C16H19NO5S/c1-9(15(20)17-10(2)16(21)22)14(23-11(3)18)13(19)12-7-5-4-6-8-12/h4-10,14H,1-3H3,(H,17,20)(H,21,22)/t9?,10-,14-/m0/s1. The number of carbonyl (C=O) groups is 4. The van der Waals surface area contributed by atoms with Gasteiger partial charge in [-0.3, -0.25) is 19.2 Å². The molecular weight excluding hydrogens is 318 g/mol. The molecule has 0 saturated heterocycles. The third-order valence-corrected chi connectivity index (χ3v) is 4.41. The summed E-state index contributed by atoms with van der Waals surface area (Å²) in [4.78, 5) is 47.0. The van der Waals surface area contributed by atoms with Gasteiger partial charge in [-0.1, -0.05) is 49.0 Å². The van der Waals surface area contributed by atoms with Gasteiger partial charge in [-0.2, -0.15) is 0 Å². The normalized spacial score (nSPS) is 14.4. The number of aliphatic carboxylic acids is 1. The molecule has 0 saturated carbocycles. The Balaban J connectivity index is 2.97. The lowest BCUT2D eigenvalue weighted by Gasteiger charge is -2.22. The average Bonchev–Trinajstić information content (AvgIpc) is 2.51. The molecule has 0 heterocycles. The summed E-state index contributed by atoms with van der Waals surface area (Å²) in [6, 6.07) is 7.30. The molecule has 124 valence electrons. The van der Waals surface area contributed by atoms with Crippen molar-refractivity contribution in [3.05, 3.63) is 35.9 Å². The van der Waals surface area contributed by atoms with Gasteiger partial charge in [0.15, 0.2) is 10.9 Å². The van der Waals surface area contributed by atoms with Crippen LogP contribution >= 0.6 is 11.8 Å². The van der Waals surface area contributed by atoms with Gasteiger partial charge in [-0.15, -0.1) is 0 Å². The van der Waals surface area contributed by atoms with Crippen LogP contribution in [-0.4, -0.2) is 39.2 Å². The monoisotopic (exact) mass is 337 g/mol. The molecule has 6 nitrogen and oxygen atoms in total. The predicted octanol–water partition coefficient (Wildman–Crippen LogP) is 1.74. The van der Waals surface area contributed by atoms with E-state index in [9.17, 15) is 19.2 Å². The van der Waals surface area contributed by atoms with Gasteiger partial charge in [-0.05, 0) is 6.92 Å². The van der Waals surface area contributed by atoms with E-state index in [4.69, 9.17) is 5.11 Å². The van der Waals surface area contributed by atoms with Gasteiger partial charge in [0.05, 0.1) is 11.2 Å². The maximum Gasteiger partial charge on any atom is 0.325 e. The van der Waals surface area contributed by atoms with Crippen molar-refractivity contribution in [1.82, 2.24) is 5.32 Å². The van der Waals surface area contributed by atoms with Crippen LogP contribution in [0.25, 0.3) is 0 Å². The third kappa shape index (κ3) is 5.52. The van der Waals surface area contributed by atoms with Crippen molar-refractivity contribution in [3.8, 4) is 0 Å². The highest BCUT2D eigenvalue weighted by Gasteiger charge is 2.33. The highest BCUT2D eigenvalue weighted by molar-refractivity contribution is 8.14. The first kappa shape index (κ1) is 18.9. The van der Waals surface area contributed by atoms with Gasteiger partial charge < -0.3 is 10.4 Å². The van der Waals surface area contributed by atoms with Crippen LogP contribution in [0.2, 0.25) is 0 Å². The first-order chi connectivity index (χ1) is 10.7. The van der Waals surface area contributed by atoms with Crippen LogP contribution in [0.3, 0.4) is 0 Å². The first-order valence-corrected chi connectivity index (χ1v) is 7.91. The Bertz CT molecular complexity index is 602. The van der Waals surface area contributed by atoms with Crippen LogP contribution in [0.15, 0.2) is 30.3 Å². The minimum absolute atomic E-state index is 0.287. The van der Waals surface area contributed by atoms with Gasteiger partial charge in [0.1, 0.15) is 6.04 Å². The van der Waals surface area contributed by atoms with Crippen molar-refractivity contribution in [2.45, 2.75) is 32.1 Å². The molecule has 1 rings (SSSR count). The largest absolute Gasteiger partial charge is 0.480 e. The molecule has 23 heavy (non-hydrogen) atoms.